The zero-order valence-corrected chi connectivity index (χ0v) is 8.96. The number of hydrogen-bond acceptors (Lipinski definition) is 5. The van der Waals surface area contributed by atoms with Crippen LogP contribution in [0.1, 0.15) is 17.9 Å². The molecular weight excluding hydrogens is 210 g/mol. The summed E-state index contributed by atoms with van der Waals surface area (Å²) in [5.41, 5.74) is 7.63. The van der Waals surface area contributed by atoms with Gasteiger partial charge in [0.25, 0.3) is 0 Å². The molecule has 0 radical (unpaired) electrons. The van der Waals surface area contributed by atoms with E-state index in [1.807, 2.05) is 6.20 Å². The van der Waals surface area contributed by atoms with E-state index in [0.29, 0.717) is 11.0 Å². The first-order valence-electron chi connectivity index (χ1n) is 4.92. The third kappa shape index (κ3) is 1.57. The summed E-state index contributed by atoms with van der Waals surface area (Å²) in [5.74, 6) is 0.491. The minimum Gasteiger partial charge on any atom is -0.381 e. The van der Waals surface area contributed by atoms with E-state index >= 15 is 0 Å². The molecule has 2 N–H and O–H groups in total. The summed E-state index contributed by atoms with van der Waals surface area (Å²) >= 11 is 1.49. The van der Waals surface area contributed by atoms with Gasteiger partial charge in [-0.3, -0.25) is 0 Å². The number of aromatic nitrogens is 2. The van der Waals surface area contributed by atoms with E-state index < -0.39 is 0 Å². The number of nitrogens with zero attached hydrogens (tertiary/aromatic N) is 2. The zero-order chi connectivity index (χ0) is 10.3. The van der Waals surface area contributed by atoms with Crippen molar-refractivity contribution in [3.8, 4) is 0 Å². The highest BCUT2D eigenvalue weighted by Gasteiger charge is 2.18. The maximum Gasteiger partial charge on any atom is 0.182 e. The van der Waals surface area contributed by atoms with Crippen LogP contribution in [0.25, 0.3) is 10.3 Å². The second kappa shape index (κ2) is 3.43. The SMILES string of the molecule is Nc1nc2ncc(C3CCOC3)cc2s1. The fourth-order valence-electron chi connectivity index (χ4n) is 1.87. The number of anilines is 1. The van der Waals surface area contributed by atoms with E-state index in [-0.39, 0.29) is 0 Å². The van der Waals surface area contributed by atoms with Crippen LogP contribution < -0.4 is 5.73 Å². The van der Waals surface area contributed by atoms with Crippen molar-refractivity contribution in [3.05, 3.63) is 17.8 Å². The molecule has 0 saturated carbocycles. The predicted octanol–water partition coefficient (Wildman–Crippen LogP) is 1.78. The lowest BCUT2D eigenvalue weighted by Crippen LogP contribution is -1.97. The summed E-state index contributed by atoms with van der Waals surface area (Å²) in [7, 11) is 0. The summed E-state index contributed by atoms with van der Waals surface area (Å²) in [4.78, 5) is 8.45. The van der Waals surface area contributed by atoms with Crippen LogP contribution >= 0.6 is 11.3 Å². The van der Waals surface area contributed by atoms with Gasteiger partial charge in [-0.25, -0.2) is 9.97 Å². The molecule has 1 saturated heterocycles. The Morgan fingerprint density at radius 2 is 2.47 bits per heavy atom. The Kier molecular flexibility index (Phi) is 2.07. The van der Waals surface area contributed by atoms with Gasteiger partial charge in [-0.2, -0.15) is 0 Å². The highest BCUT2D eigenvalue weighted by Crippen LogP contribution is 2.29. The van der Waals surface area contributed by atoms with E-state index in [9.17, 15) is 0 Å². The van der Waals surface area contributed by atoms with Crippen molar-refractivity contribution < 1.29 is 4.74 Å². The van der Waals surface area contributed by atoms with Gasteiger partial charge in [-0.1, -0.05) is 11.3 Å². The minimum absolute atomic E-state index is 0.491. The van der Waals surface area contributed by atoms with Crippen LogP contribution in [0.3, 0.4) is 0 Å². The second-order valence-electron chi connectivity index (χ2n) is 3.70. The molecule has 2 aromatic rings. The Labute approximate surface area is 91.1 Å². The third-order valence-electron chi connectivity index (χ3n) is 2.69. The molecule has 1 unspecified atom stereocenters. The smallest absolute Gasteiger partial charge is 0.182 e. The molecule has 0 bridgehead atoms. The summed E-state index contributed by atoms with van der Waals surface area (Å²) < 4.78 is 6.43. The Balaban J connectivity index is 2.04. The molecule has 4 nitrogen and oxygen atoms in total. The van der Waals surface area contributed by atoms with Gasteiger partial charge in [-0.15, -0.1) is 0 Å². The first kappa shape index (κ1) is 9.06. The number of fused-ring (bicyclic) bond motifs is 1. The Morgan fingerprint density at radius 3 is 3.27 bits per heavy atom. The highest BCUT2D eigenvalue weighted by molar-refractivity contribution is 7.22. The van der Waals surface area contributed by atoms with Crippen molar-refractivity contribution in [1.82, 2.24) is 9.97 Å². The van der Waals surface area contributed by atoms with Gasteiger partial charge < -0.3 is 10.5 Å². The summed E-state index contributed by atoms with van der Waals surface area (Å²) in [6.45, 7) is 1.66. The fourth-order valence-corrected chi connectivity index (χ4v) is 2.61. The monoisotopic (exact) mass is 221 g/mol. The van der Waals surface area contributed by atoms with Gasteiger partial charge in [-0.05, 0) is 18.1 Å². The topological polar surface area (TPSA) is 61.0 Å². The van der Waals surface area contributed by atoms with Crippen molar-refractivity contribution >= 4 is 26.8 Å². The van der Waals surface area contributed by atoms with Gasteiger partial charge in [0.1, 0.15) is 0 Å². The molecule has 1 fully saturated rings. The molecule has 3 heterocycles. The first-order valence-corrected chi connectivity index (χ1v) is 5.74. The standard InChI is InChI=1S/C10H11N3OS/c11-10-13-9-8(15-10)3-7(4-12-9)6-1-2-14-5-6/h3-4,6H,1-2,5H2,(H2,11,12,13). The fraction of sp³-hybridized carbons (Fsp3) is 0.400. The van der Waals surface area contributed by atoms with Crippen molar-refractivity contribution in [3.63, 3.8) is 0 Å². The molecule has 1 aliphatic heterocycles. The van der Waals surface area contributed by atoms with Crippen LogP contribution in [0.15, 0.2) is 12.3 Å². The van der Waals surface area contributed by atoms with Crippen molar-refractivity contribution in [2.24, 2.45) is 0 Å². The van der Waals surface area contributed by atoms with Crippen LogP contribution in [0.2, 0.25) is 0 Å². The molecule has 0 aliphatic carbocycles. The number of rotatable bonds is 1. The molecule has 3 rings (SSSR count). The molecule has 0 spiro atoms. The van der Waals surface area contributed by atoms with Crippen LogP contribution in [-0.4, -0.2) is 23.2 Å². The number of hydrogen-bond donors (Lipinski definition) is 1. The van der Waals surface area contributed by atoms with Crippen molar-refractivity contribution in [2.45, 2.75) is 12.3 Å². The van der Waals surface area contributed by atoms with Crippen molar-refractivity contribution in [2.75, 3.05) is 18.9 Å². The van der Waals surface area contributed by atoms with Gasteiger partial charge in [0, 0.05) is 18.7 Å². The van der Waals surface area contributed by atoms with E-state index in [4.69, 9.17) is 10.5 Å². The van der Waals surface area contributed by atoms with Crippen LogP contribution in [0.5, 0.6) is 0 Å². The molecule has 5 heteroatoms. The Hall–Kier alpha value is -1.20. The van der Waals surface area contributed by atoms with Gasteiger partial charge in [0.2, 0.25) is 0 Å². The summed E-state index contributed by atoms with van der Waals surface area (Å²) in [6.07, 6.45) is 2.97. The molecular formula is C10H11N3OS. The largest absolute Gasteiger partial charge is 0.381 e. The third-order valence-corrected chi connectivity index (χ3v) is 3.51. The molecule has 1 aliphatic rings. The van der Waals surface area contributed by atoms with Crippen LogP contribution in [0, 0.1) is 0 Å². The average molecular weight is 221 g/mol. The normalized spacial score (nSPS) is 21.2. The second-order valence-corrected chi connectivity index (χ2v) is 4.77. The van der Waals surface area contributed by atoms with Crippen LogP contribution in [-0.2, 0) is 4.74 Å². The van der Waals surface area contributed by atoms with Gasteiger partial charge in [0.05, 0.1) is 11.3 Å². The molecule has 0 aromatic carbocycles. The first-order chi connectivity index (χ1) is 7.33. The van der Waals surface area contributed by atoms with Crippen molar-refractivity contribution in [1.29, 1.82) is 0 Å². The maximum atomic E-state index is 5.64. The zero-order valence-electron chi connectivity index (χ0n) is 8.14. The quantitative estimate of drug-likeness (QED) is 0.797. The summed E-state index contributed by atoms with van der Waals surface area (Å²) in [5, 5.41) is 0.581. The van der Waals surface area contributed by atoms with Gasteiger partial charge >= 0.3 is 0 Å². The number of pyridine rings is 1. The molecule has 2 aromatic heterocycles. The minimum atomic E-state index is 0.491. The van der Waals surface area contributed by atoms with Gasteiger partial charge in [0.15, 0.2) is 10.8 Å². The number of ether oxygens (including phenoxy) is 1. The molecule has 1 atom stereocenters. The number of nitrogen functional groups attached to an aromatic ring is 1. The van der Waals surface area contributed by atoms with E-state index in [1.165, 1.54) is 16.9 Å². The van der Waals surface area contributed by atoms with E-state index in [2.05, 4.69) is 16.0 Å². The molecule has 78 valence electrons. The lowest BCUT2D eigenvalue weighted by atomic mass is 10.0. The molecule has 0 amide bonds. The average Bonchev–Trinajstić information content (AvgIpc) is 2.82. The predicted molar refractivity (Wildman–Crippen MR) is 60.0 cm³/mol. The molecule has 15 heavy (non-hydrogen) atoms. The number of thiazole rings is 1. The maximum absolute atomic E-state index is 5.64. The van der Waals surface area contributed by atoms with E-state index in [1.54, 1.807) is 0 Å². The lowest BCUT2D eigenvalue weighted by Gasteiger charge is -2.05. The number of nitrogens with two attached hydrogens (primary N) is 1. The highest BCUT2D eigenvalue weighted by atomic mass is 32.1. The van der Waals surface area contributed by atoms with E-state index in [0.717, 1.165) is 30.0 Å². The van der Waals surface area contributed by atoms with Crippen LogP contribution in [0.4, 0.5) is 5.13 Å². The lowest BCUT2D eigenvalue weighted by molar-refractivity contribution is 0.194. The Morgan fingerprint density at radius 1 is 1.53 bits per heavy atom. The summed E-state index contributed by atoms with van der Waals surface area (Å²) in [6, 6.07) is 2.13. The Bertz CT molecular complexity index is 490.